The van der Waals surface area contributed by atoms with E-state index in [2.05, 4.69) is 9.97 Å². The van der Waals surface area contributed by atoms with E-state index in [1.807, 2.05) is 48.5 Å². The molecule has 0 fully saturated rings. The molecule has 2 N–H and O–H groups in total. The normalized spacial score (nSPS) is 11.2. The maximum absolute atomic E-state index is 13.0. The molecule has 1 amide bonds. The van der Waals surface area contributed by atoms with E-state index >= 15 is 0 Å². The van der Waals surface area contributed by atoms with Crippen molar-refractivity contribution in [3.05, 3.63) is 69.2 Å². The Labute approximate surface area is 184 Å². The molecule has 31 heavy (non-hydrogen) atoms. The summed E-state index contributed by atoms with van der Waals surface area (Å²) in [5.74, 6) is 0.737. The van der Waals surface area contributed by atoms with Crippen LogP contribution < -0.4 is 10.3 Å². The van der Waals surface area contributed by atoms with E-state index in [-0.39, 0.29) is 11.5 Å². The lowest BCUT2D eigenvalue weighted by molar-refractivity contribution is -0.130. The van der Waals surface area contributed by atoms with Crippen molar-refractivity contribution in [2.75, 3.05) is 14.2 Å². The molecule has 2 aromatic heterocycles. The molecular weight excluding hydrogens is 412 g/mol. The molecule has 0 aliphatic carbocycles. The Kier molecular flexibility index (Phi) is 5.90. The van der Waals surface area contributed by atoms with Gasteiger partial charge in [0, 0.05) is 37.5 Å². The number of aromatic amines is 2. The molecule has 0 spiro atoms. The summed E-state index contributed by atoms with van der Waals surface area (Å²) >= 11 is 5.44. The van der Waals surface area contributed by atoms with E-state index < -0.39 is 0 Å². The summed E-state index contributed by atoms with van der Waals surface area (Å²) in [6.07, 6.45) is 0.862. The fourth-order valence-corrected chi connectivity index (χ4v) is 3.99. The summed E-state index contributed by atoms with van der Waals surface area (Å²) in [4.78, 5) is 33.6. The van der Waals surface area contributed by atoms with E-state index in [1.165, 1.54) is 4.57 Å². The third-order valence-corrected chi connectivity index (χ3v) is 5.72. The summed E-state index contributed by atoms with van der Waals surface area (Å²) in [7, 11) is 3.39. The van der Waals surface area contributed by atoms with Crippen LogP contribution in [0.25, 0.3) is 21.9 Å². The van der Waals surface area contributed by atoms with Crippen molar-refractivity contribution in [1.29, 1.82) is 0 Å². The first-order valence-electron chi connectivity index (χ1n) is 10.1. The van der Waals surface area contributed by atoms with Crippen LogP contribution in [0.3, 0.4) is 0 Å². The summed E-state index contributed by atoms with van der Waals surface area (Å²) in [6.45, 7) is 0.928. The Balaban J connectivity index is 1.49. The monoisotopic (exact) mass is 436 g/mol. The number of nitrogens with zero attached hydrogens (tertiary/aromatic N) is 2. The van der Waals surface area contributed by atoms with Gasteiger partial charge in [0.25, 0.3) is 5.56 Å². The van der Waals surface area contributed by atoms with Crippen molar-refractivity contribution in [2.24, 2.45) is 0 Å². The summed E-state index contributed by atoms with van der Waals surface area (Å²) in [6, 6.07) is 15.4. The smallest absolute Gasteiger partial charge is 0.278 e. The number of rotatable bonds is 7. The molecule has 2 heterocycles. The van der Waals surface area contributed by atoms with Crippen LogP contribution in [0.5, 0.6) is 5.75 Å². The van der Waals surface area contributed by atoms with E-state index in [9.17, 15) is 9.59 Å². The van der Waals surface area contributed by atoms with Gasteiger partial charge in [-0.25, -0.2) is 0 Å². The van der Waals surface area contributed by atoms with Crippen LogP contribution in [0.2, 0.25) is 0 Å². The van der Waals surface area contributed by atoms with Gasteiger partial charge in [-0.1, -0.05) is 30.3 Å². The van der Waals surface area contributed by atoms with Crippen LogP contribution in [0.4, 0.5) is 0 Å². The first-order chi connectivity index (χ1) is 15.0. The molecule has 0 aliphatic heterocycles. The van der Waals surface area contributed by atoms with Gasteiger partial charge < -0.3 is 19.6 Å². The number of methoxy groups -OCH3 is 1. The predicted molar refractivity (Wildman–Crippen MR) is 124 cm³/mol. The molecule has 0 atom stereocenters. The molecule has 2 aromatic carbocycles. The minimum atomic E-state index is -0.195. The van der Waals surface area contributed by atoms with Crippen molar-refractivity contribution >= 4 is 40.1 Å². The van der Waals surface area contributed by atoms with Crippen molar-refractivity contribution < 1.29 is 9.53 Å². The van der Waals surface area contributed by atoms with Gasteiger partial charge in [-0.3, -0.25) is 14.2 Å². The molecule has 0 saturated heterocycles. The summed E-state index contributed by atoms with van der Waals surface area (Å²) in [5.41, 5.74) is 2.84. The van der Waals surface area contributed by atoms with E-state index in [4.69, 9.17) is 17.0 Å². The predicted octanol–water partition coefficient (Wildman–Crippen LogP) is 3.99. The molecule has 0 unspecified atom stereocenters. The lowest BCUT2D eigenvalue weighted by Gasteiger charge is -2.17. The Morgan fingerprint density at radius 3 is 2.65 bits per heavy atom. The van der Waals surface area contributed by atoms with Crippen LogP contribution in [0.1, 0.15) is 18.4 Å². The third kappa shape index (κ3) is 4.25. The highest BCUT2D eigenvalue weighted by Gasteiger charge is 2.14. The summed E-state index contributed by atoms with van der Waals surface area (Å²) < 4.78 is 7.13. The Bertz CT molecular complexity index is 1350. The highest BCUT2D eigenvalue weighted by atomic mass is 32.1. The molecule has 0 aliphatic rings. The zero-order valence-corrected chi connectivity index (χ0v) is 18.3. The van der Waals surface area contributed by atoms with Crippen molar-refractivity contribution in [1.82, 2.24) is 19.4 Å². The second kappa shape index (κ2) is 8.77. The number of ether oxygens (including phenoxy) is 1. The van der Waals surface area contributed by atoms with Crippen LogP contribution in [0, 0.1) is 4.77 Å². The molecule has 4 rings (SSSR count). The second-order valence-corrected chi connectivity index (χ2v) is 7.90. The lowest BCUT2D eigenvalue weighted by atomic mass is 10.2. The van der Waals surface area contributed by atoms with Gasteiger partial charge in [-0.05, 0) is 42.4 Å². The third-order valence-electron chi connectivity index (χ3n) is 5.40. The van der Waals surface area contributed by atoms with Gasteiger partial charge >= 0.3 is 0 Å². The van der Waals surface area contributed by atoms with Gasteiger partial charge in [-0.15, -0.1) is 0 Å². The highest BCUT2D eigenvalue weighted by molar-refractivity contribution is 7.71. The number of hydrogen-bond donors (Lipinski definition) is 2. The highest BCUT2D eigenvalue weighted by Crippen LogP contribution is 2.25. The van der Waals surface area contributed by atoms with Gasteiger partial charge in [-0.2, -0.15) is 0 Å². The number of nitrogens with one attached hydrogen (secondary N) is 2. The fourth-order valence-electron chi connectivity index (χ4n) is 3.72. The number of fused-ring (bicyclic) bond motifs is 3. The number of benzene rings is 2. The number of carbonyl (C=O) groups is 1. The molecule has 160 valence electrons. The number of carbonyl (C=O) groups excluding carboxylic acids is 1. The largest absolute Gasteiger partial charge is 0.497 e. The standard InChI is InChI=1S/C23H24N4O3S/c1-26(14-15-7-4-3-5-8-15)19(28)9-6-12-27-22(29)21-20(25-23(27)31)17-13-16(30-2)10-11-18(17)24-21/h3-5,7-8,10-11,13,24H,6,9,12,14H2,1-2H3,(H,25,31). The zero-order valence-electron chi connectivity index (χ0n) is 17.5. The molecule has 0 radical (unpaired) electrons. The topological polar surface area (TPSA) is 83.1 Å². The molecule has 0 saturated carbocycles. The SMILES string of the molecule is COc1ccc2[nH]c3c(=O)n(CCCC(=O)N(C)Cc4ccccc4)c(=S)[nH]c3c2c1. The van der Waals surface area contributed by atoms with E-state index in [1.54, 1.807) is 19.1 Å². The average Bonchev–Trinajstić information content (AvgIpc) is 3.14. The van der Waals surface area contributed by atoms with Crippen LogP contribution in [-0.4, -0.2) is 39.5 Å². The van der Waals surface area contributed by atoms with Crippen molar-refractivity contribution in [2.45, 2.75) is 25.9 Å². The minimum absolute atomic E-state index is 0.0329. The van der Waals surface area contributed by atoms with Gasteiger partial charge in [0.15, 0.2) is 4.77 Å². The molecule has 4 aromatic rings. The van der Waals surface area contributed by atoms with Crippen LogP contribution in [0.15, 0.2) is 53.3 Å². The van der Waals surface area contributed by atoms with E-state index in [0.29, 0.717) is 47.5 Å². The maximum atomic E-state index is 13.0. The molecule has 0 bridgehead atoms. The number of aromatic nitrogens is 3. The van der Waals surface area contributed by atoms with Gasteiger partial charge in [0.1, 0.15) is 11.3 Å². The average molecular weight is 437 g/mol. The van der Waals surface area contributed by atoms with Crippen molar-refractivity contribution in [3.8, 4) is 5.75 Å². The van der Waals surface area contributed by atoms with Crippen LogP contribution in [-0.2, 0) is 17.9 Å². The minimum Gasteiger partial charge on any atom is -0.497 e. The Hall–Kier alpha value is -3.39. The Morgan fingerprint density at radius 2 is 1.90 bits per heavy atom. The van der Waals surface area contributed by atoms with E-state index in [0.717, 1.165) is 16.5 Å². The molecular formula is C23H24N4O3S. The lowest BCUT2D eigenvalue weighted by Crippen LogP contribution is -2.27. The summed E-state index contributed by atoms with van der Waals surface area (Å²) in [5, 5.41) is 0.849. The quantitative estimate of drug-likeness (QED) is 0.429. The number of H-pyrrole nitrogens is 2. The molecule has 7 nitrogen and oxygen atoms in total. The first-order valence-corrected chi connectivity index (χ1v) is 10.5. The first kappa shape index (κ1) is 20.9. The van der Waals surface area contributed by atoms with Gasteiger partial charge in [0.2, 0.25) is 5.91 Å². The van der Waals surface area contributed by atoms with Crippen LogP contribution >= 0.6 is 12.2 Å². The number of amides is 1. The zero-order chi connectivity index (χ0) is 22.0. The van der Waals surface area contributed by atoms with Gasteiger partial charge in [0.05, 0.1) is 12.6 Å². The number of hydrogen-bond acceptors (Lipinski definition) is 4. The second-order valence-electron chi connectivity index (χ2n) is 7.51. The maximum Gasteiger partial charge on any atom is 0.278 e. The molecule has 8 heteroatoms. The van der Waals surface area contributed by atoms with Crippen molar-refractivity contribution in [3.63, 3.8) is 0 Å². The Morgan fingerprint density at radius 1 is 1.13 bits per heavy atom. The fraction of sp³-hybridized carbons (Fsp3) is 0.261.